The highest BCUT2D eigenvalue weighted by atomic mass is 32.2. The van der Waals surface area contributed by atoms with Crippen molar-refractivity contribution in [3.63, 3.8) is 0 Å². The van der Waals surface area contributed by atoms with Gasteiger partial charge in [0.2, 0.25) is 5.91 Å². The van der Waals surface area contributed by atoms with Crippen LogP contribution in [0.2, 0.25) is 0 Å². The molecule has 1 atom stereocenters. The number of aryl methyl sites for hydroxylation is 3. The number of aromatic nitrogens is 4. The molecule has 114 valence electrons. The number of rotatable bonds is 5. The van der Waals surface area contributed by atoms with Crippen molar-refractivity contribution in [2.75, 3.05) is 5.32 Å². The molecular weight excluding hydrogens is 306 g/mol. The lowest BCUT2D eigenvalue weighted by Crippen LogP contribution is -2.22. The Hall–Kier alpha value is -1.41. The molecule has 0 saturated carbocycles. The molecule has 0 bridgehead atoms. The van der Waals surface area contributed by atoms with E-state index in [0.29, 0.717) is 5.13 Å². The van der Waals surface area contributed by atoms with E-state index in [1.54, 1.807) is 0 Å². The van der Waals surface area contributed by atoms with Crippen molar-refractivity contribution >= 4 is 34.1 Å². The number of carbonyl (C=O) groups excluding carboxylic acids is 1. The van der Waals surface area contributed by atoms with E-state index in [2.05, 4.69) is 20.5 Å². The van der Waals surface area contributed by atoms with Crippen LogP contribution in [0, 0.1) is 13.8 Å². The molecular formula is C13H19N5OS2. The third-order valence-corrected chi connectivity index (χ3v) is 5.27. The summed E-state index contributed by atoms with van der Waals surface area (Å²) in [6, 6.07) is 0. The highest BCUT2D eigenvalue weighted by molar-refractivity contribution is 8.00. The molecule has 2 aromatic rings. The Labute approximate surface area is 132 Å². The molecule has 1 unspecified atom stereocenters. The second kappa shape index (κ2) is 6.57. The van der Waals surface area contributed by atoms with Crippen LogP contribution in [0.5, 0.6) is 0 Å². The first-order chi connectivity index (χ1) is 9.92. The molecule has 2 rings (SSSR count). The fourth-order valence-corrected chi connectivity index (χ4v) is 3.35. The highest BCUT2D eigenvalue weighted by Gasteiger charge is 2.19. The minimum Gasteiger partial charge on any atom is -0.309 e. The van der Waals surface area contributed by atoms with Gasteiger partial charge in [0.15, 0.2) is 10.3 Å². The smallest absolute Gasteiger partial charge is 0.239 e. The number of nitrogens with zero attached hydrogens (tertiary/aromatic N) is 4. The van der Waals surface area contributed by atoms with Gasteiger partial charge in [-0.1, -0.05) is 18.7 Å². The van der Waals surface area contributed by atoms with Crippen LogP contribution in [0.3, 0.4) is 0 Å². The van der Waals surface area contributed by atoms with E-state index in [0.717, 1.165) is 28.0 Å². The molecule has 0 aliphatic rings. The van der Waals surface area contributed by atoms with Crippen molar-refractivity contribution in [1.82, 2.24) is 19.7 Å². The van der Waals surface area contributed by atoms with Crippen LogP contribution in [-0.2, 0) is 18.3 Å². The second-order valence-electron chi connectivity index (χ2n) is 4.72. The van der Waals surface area contributed by atoms with E-state index in [-0.39, 0.29) is 11.2 Å². The molecule has 1 N–H and O–H groups in total. The van der Waals surface area contributed by atoms with Crippen LogP contribution in [0.1, 0.15) is 30.2 Å². The Balaban J connectivity index is 2.00. The molecule has 2 aromatic heterocycles. The summed E-state index contributed by atoms with van der Waals surface area (Å²) in [6.07, 6.45) is 0.822. The van der Waals surface area contributed by atoms with Crippen molar-refractivity contribution in [3.05, 3.63) is 16.4 Å². The number of hydrogen-bond donors (Lipinski definition) is 1. The zero-order chi connectivity index (χ0) is 15.6. The van der Waals surface area contributed by atoms with Crippen LogP contribution in [0.25, 0.3) is 0 Å². The van der Waals surface area contributed by atoms with Crippen LogP contribution in [0.15, 0.2) is 5.16 Å². The fraction of sp³-hybridized carbons (Fsp3) is 0.538. The van der Waals surface area contributed by atoms with Gasteiger partial charge in [0.05, 0.1) is 10.9 Å². The number of thiazole rings is 1. The molecule has 0 radical (unpaired) electrons. The van der Waals surface area contributed by atoms with Crippen molar-refractivity contribution in [1.29, 1.82) is 0 Å². The molecule has 0 aromatic carbocycles. The number of amides is 1. The molecule has 21 heavy (non-hydrogen) atoms. The van der Waals surface area contributed by atoms with Gasteiger partial charge in [0.1, 0.15) is 5.82 Å². The van der Waals surface area contributed by atoms with Gasteiger partial charge in [-0.3, -0.25) is 4.79 Å². The van der Waals surface area contributed by atoms with Gasteiger partial charge in [0, 0.05) is 18.3 Å². The zero-order valence-corrected chi connectivity index (χ0v) is 14.4. The van der Waals surface area contributed by atoms with Gasteiger partial charge in [-0.2, -0.15) is 0 Å². The van der Waals surface area contributed by atoms with Gasteiger partial charge in [0.25, 0.3) is 0 Å². The molecule has 0 saturated heterocycles. The van der Waals surface area contributed by atoms with Crippen LogP contribution >= 0.6 is 23.1 Å². The number of nitrogens with one attached hydrogen (secondary N) is 1. The average molecular weight is 325 g/mol. The van der Waals surface area contributed by atoms with Gasteiger partial charge in [-0.15, -0.1) is 21.5 Å². The average Bonchev–Trinajstić information content (AvgIpc) is 2.93. The predicted molar refractivity (Wildman–Crippen MR) is 85.9 cm³/mol. The summed E-state index contributed by atoms with van der Waals surface area (Å²) in [5, 5.41) is 12.2. The van der Waals surface area contributed by atoms with Crippen LogP contribution in [-0.4, -0.2) is 30.9 Å². The van der Waals surface area contributed by atoms with E-state index < -0.39 is 0 Å². The predicted octanol–water partition coefficient (Wildman–Crippen LogP) is 2.57. The number of anilines is 1. The summed E-state index contributed by atoms with van der Waals surface area (Å²) in [6.45, 7) is 7.81. The normalized spacial score (nSPS) is 12.4. The van der Waals surface area contributed by atoms with E-state index in [1.807, 2.05) is 39.3 Å². The lowest BCUT2D eigenvalue weighted by Gasteiger charge is -2.09. The molecule has 8 heteroatoms. The summed E-state index contributed by atoms with van der Waals surface area (Å²) in [4.78, 5) is 17.6. The zero-order valence-electron chi connectivity index (χ0n) is 12.8. The van der Waals surface area contributed by atoms with E-state index in [4.69, 9.17) is 0 Å². The molecule has 2 heterocycles. The summed E-state index contributed by atoms with van der Waals surface area (Å²) < 4.78 is 1.92. The first-order valence-electron chi connectivity index (χ1n) is 6.72. The van der Waals surface area contributed by atoms with Crippen LogP contribution < -0.4 is 5.32 Å². The summed E-state index contributed by atoms with van der Waals surface area (Å²) >= 11 is 2.89. The molecule has 0 aliphatic heterocycles. The SMILES string of the molecule is CCc1nnc(SC(C)C(=O)Nc2nc(C)c(C)s2)n1C. The maximum Gasteiger partial charge on any atom is 0.239 e. The third-order valence-electron chi connectivity index (χ3n) is 3.15. The van der Waals surface area contributed by atoms with Crippen molar-refractivity contribution in [3.8, 4) is 0 Å². The standard InChI is InChI=1S/C13H19N5OS2/c1-6-10-16-17-13(18(10)5)21-9(4)11(19)15-12-14-7(2)8(3)20-12/h9H,6H2,1-5H3,(H,14,15,19). The number of carbonyl (C=O) groups is 1. The Morgan fingerprint density at radius 3 is 2.67 bits per heavy atom. The quantitative estimate of drug-likeness (QED) is 0.855. The molecule has 1 amide bonds. The molecule has 6 nitrogen and oxygen atoms in total. The van der Waals surface area contributed by atoms with Gasteiger partial charge in [-0.05, 0) is 20.8 Å². The number of hydrogen-bond acceptors (Lipinski definition) is 6. The maximum atomic E-state index is 12.2. The van der Waals surface area contributed by atoms with Gasteiger partial charge >= 0.3 is 0 Å². The Bertz CT molecular complexity index is 630. The largest absolute Gasteiger partial charge is 0.309 e. The minimum atomic E-state index is -0.262. The lowest BCUT2D eigenvalue weighted by atomic mass is 10.4. The van der Waals surface area contributed by atoms with Gasteiger partial charge in [-0.25, -0.2) is 4.98 Å². The Morgan fingerprint density at radius 1 is 1.43 bits per heavy atom. The maximum absolute atomic E-state index is 12.2. The van der Waals surface area contributed by atoms with E-state index in [9.17, 15) is 4.79 Å². The fourth-order valence-electron chi connectivity index (χ4n) is 1.70. The van der Waals surface area contributed by atoms with Gasteiger partial charge < -0.3 is 9.88 Å². The minimum absolute atomic E-state index is 0.0743. The first kappa shape index (κ1) is 16.0. The Kier molecular flexibility index (Phi) is 5.00. The summed E-state index contributed by atoms with van der Waals surface area (Å²) in [7, 11) is 1.92. The van der Waals surface area contributed by atoms with E-state index >= 15 is 0 Å². The lowest BCUT2D eigenvalue weighted by molar-refractivity contribution is -0.115. The Morgan fingerprint density at radius 2 is 2.14 bits per heavy atom. The first-order valence-corrected chi connectivity index (χ1v) is 8.41. The summed E-state index contributed by atoms with van der Waals surface area (Å²) in [5.41, 5.74) is 0.955. The van der Waals surface area contributed by atoms with Crippen LogP contribution in [0.4, 0.5) is 5.13 Å². The van der Waals surface area contributed by atoms with Crippen molar-refractivity contribution < 1.29 is 4.79 Å². The monoisotopic (exact) mass is 325 g/mol. The third kappa shape index (κ3) is 3.62. The topological polar surface area (TPSA) is 72.7 Å². The molecule has 0 fully saturated rings. The number of thioether (sulfide) groups is 1. The molecule has 0 spiro atoms. The summed E-state index contributed by atoms with van der Waals surface area (Å²) in [5.74, 6) is 0.839. The second-order valence-corrected chi connectivity index (χ2v) is 7.23. The highest BCUT2D eigenvalue weighted by Crippen LogP contribution is 2.25. The van der Waals surface area contributed by atoms with E-state index in [1.165, 1.54) is 23.1 Å². The molecule has 0 aliphatic carbocycles. The van der Waals surface area contributed by atoms with Crippen molar-refractivity contribution in [2.24, 2.45) is 7.05 Å². The van der Waals surface area contributed by atoms with Crippen molar-refractivity contribution in [2.45, 2.75) is 44.5 Å².